The number of likely N-dealkylation sites (N-methyl/N-ethyl adjacent to an activating group) is 1. The summed E-state index contributed by atoms with van der Waals surface area (Å²) in [5.41, 5.74) is 2.46. The van der Waals surface area contributed by atoms with Crippen LogP contribution in [-0.2, 0) is 11.3 Å². The number of hydrogen-bond acceptors (Lipinski definition) is 4. The lowest BCUT2D eigenvalue weighted by Gasteiger charge is -2.32. The second kappa shape index (κ2) is 7.62. The fourth-order valence-corrected chi connectivity index (χ4v) is 2.53. The van der Waals surface area contributed by atoms with Crippen LogP contribution >= 0.6 is 0 Å². The Morgan fingerprint density at radius 2 is 2.30 bits per heavy atom. The molecule has 112 valence electrons. The first-order chi connectivity index (χ1) is 9.72. The number of rotatable bonds is 6. The lowest BCUT2D eigenvalue weighted by atomic mass is 10.1. The maximum Gasteiger partial charge on any atom is 0.123 e. The molecule has 4 nitrogen and oxygen atoms in total. The molecule has 1 atom stereocenters. The third-order valence-electron chi connectivity index (χ3n) is 3.68. The zero-order chi connectivity index (χ0) is 14.4. The van der Waals surface area contributed by atoms with E-state index in [9.17, 15) is 0 Å². The molecule has 0 radical (unpaired) electrons. The Morgan fingerprint density at radius 3 is 3.05 bits per heavy atom. The molecule has 1 N–H and O–H groups in total. The van der Waals surface area contributed by atoms with Gasteiger partial charge < -0.3 is 14.8 Å². The van der Waals surface area contributed by atoms with Crippen LogP contribution in [0.4, 0.5) is 0 Å². The van der Waals surface area contributed by atoms with Crippen molar-refractivity contribution < 1.29 is 9.47 Å². The molecule has 0 aliphatic carbocycles. The molecule has 1 unspecified atom stereocenters. The number of ether oxygens (including phenoxy) is 2. The van der Waals surface area contributed by atoms with Crippen LogP contribution in [0.25, 0.3) is 0 Å². The molecule has 0 amide bonds. The minimum Gasteiger partial charge on any atom is -0.490 e. The second-order valence-electron chi connectivity index (χ2n) is 5.34. The Labute approximate surface area is 122 Å². The Kier molecular flexibility index (Phi) is 5.83. The summed E-state index contributed by atoms with van der Waals surface area (Å²) >= 11 is 0. The zero-order valence-electron chi connectivity index (χ0n) is 12.8. The van der Waals surface area contributed by atoms with Crippen molar-refractivity contribution >= 4 is 0 Å². The van der Waals surface area contributed by atoms with Crippen molar-refractivity contribution in [3.8, 4) is 5.75 Å². The minimum atomic E-state index is 0.174. The highest BCUT2D eigenvalue weighted by atomic mass is 16.5. The summed E-state index contributed by atoms with van der Waals surface area (Å²) in [6.45, 7) is 9.61. The third kappa shape index (κ3) is 4.20. The number of benzene rings is 1. The minimum absolute atomic E-state index is 0.174. The molecule has 0 bridgehead atoms. The van der Waals surface area contributed by atoms with E-state index in [1.165, 1.54) is 11.1 Å². The van der Waals surface area contributed by atoms with E-state index in [1.54, 1.807) is 0 Å². The quantitative estimate of drug-likeness (QED) is 0.860. The van der Waals surface area contributed by atoms with Crippen molar-refractivity contribution in [1.29, 1.82) is 0 Å². The predicted octanol–water partition coefficient (Wildman–Crippen LogP) is 1.81. The maximum atomic E-state index is 5.99. The molecule has 20 heavy (non-hydrogen) atoms. The van der Waals surface area contributed by atoms with E-state index in [1.807, 2.05) is 7.05 Å². The monoisotopic (exact) mass is 278 g/mol. The van der Waals surface area contributed by atoms with Gasteiger partial charge in [-0.2, -0.15) is 0 Å². The van der Waals surface area contributed by atoms with Gasteiger partial charge in [-0.25, -0.2) is 0 Å². The smallest absolute Gasteiger partial charge is 0.123 e. The summed E-state index contributed by atoms with van der Waals surface area (Å²) in [5, 5.41) is 3.19. The summed E-state index contributed by atoms with van der Waals surface area (Å²) in [5.74, 6) is 0.960. The Balaban J connectivity index is 1.93. The highest BCUT2D eigenvalue weighted by Crippen LogP contribution is 2.20. The van der Waals surface area contributed by atoms with Gasteiger partial charge in [0.2, 0.25) is 0 Å². The second-order valence-corrected chi connectivity index (χ2v) is 5.34. The normalized spacial score (nSPS) is 20.1. The first-order valence-electron chi connectivity index (χ1n) is 7.43. The van der Waals surface area contributed by atoms with Crippen molar-refractivity contribution in [3.05, 3.63) is 29.3 Å². The van der Waals surface area contributed by atoms with Gasteiger partial charge in [0.15, 0.2) is 0 Å². The molecule has 1 aromatic rings. The average Bonchev–Trinajstić information content (AvgIpc) is 2.47. The number of aryl methyl sites for hydroxylation is 1. The van der Waals surface area contributed by atoms with Gasteiger partial charge >= 0.3 is 0 Å². The molecular formula is C16H26N2O2. The van der Waals surface area contributed by atoms with Gasteiger partial charge in [-0.05, 0) is 26.6 Å². The van der Waals surface area contributed by atoms with Gasteiger partial charge in [-0.3, -0.25) is 4.90 Å². The Hall–Kier alpha value is -1.10. The van der Waals surface area contributed by atoms with Crippen molar-refractivity contribution in [2.24, 2.45) is 0 Å². The van der Waals surface area contributed by atoms with E-state index in [2.05, 4.69) is 42.3 Å². The summed E-state index contributed by atoms with van der Waals surface area (Å²) in [6.07, 6.45) is 0.174. The molecule has 4 heteroatoms. The van der Waals surface area contributed by atoms with Crippen molar-refractivity contribution in [2.75, 3.05) is 39.9 Å². The fourth-order valence-electron chi connectivity index (χ4n) is 2.53. The SMILES string of the molecule is CCN1CCOC(COc2ccc(C)cc2CNC)C1. The zero-order valence-corrected chi connectivity index (χ0v) is 12.8. The van der Waals surface area contributed by atoms with Crippen LogP contribution in [0.1, 0.15) is 18.1 Å². The van der Waals surface area contributed by atoms with Gasteiger partial charge in [0.25, 0.3) is 0 Å². The van der Waals surface area contributed by atoms with Crippen LogP contribution in [0, 0.1) is 6.92 Å². The number of hydrogen-bond donors (Lipinski definition) is 1. The Morgan fingerprint density at radius 1 is 1.45 bits per heavy atom. The van der Waals surface area contributed by atoms with Crippen LogP contribution in [0.5, 0.6) is 5.75 Å². The van der Waals surface area contributed by atoms with Gasteiger partial charge in [0, 0.05) is 25.2 Å². The molecule has 1 aliphatic rings. The van der Waals surface area contributed by atoms with Gasteiger partial charge in [-0.1, -0.05) is 24.6 Å². The van der Waals surface area contributed by atoms with Gasteiger partial charge in [-0.15, -0.1) is 0 Å². The van der Waals surface area contributed by atoms with Crippen LogP contribution in [-0.4, -0.2) is 50.9 Å². The summed E-state index contributed by atoms with van der Waals surface area (Å²) in [6, 6.07) is 6.32. The van der Waals surface area contributed by atoms with Gasteiger partial charge in [0.1, 0.15) is 18.5 Å². The van der Waals surface area contributed by atoms with E-state index in [4.69, 9.17) is 9.47 Å². The molecule has 1 aliphatic heterocycles. The lowest BCUT2D eigenvalue weighted by molar-refractivity contribution is -0.0465. The third-order valence-corrected chi connectivity index (χ3v) is 3.68. The van der Waals surface area contributed by atoms with Crippen LogP contribution < -0.4 is 10.1 Å². The van der Waals surface area contributed by atoms with E-state index in [-0.39, 0.29) is 6.10 Å². The highest BCUT2D eigenvalue weighted by molar-refractivity contribution is 5.36. The number of nitrogens with one attached hydrogen (secondary N) is 1. The fraction of sp³-hybridized carbons (Fsp3) is 0.625. The molecule has 2 rings (SSSR count). The van der Waals surface area contributed by atoms with E-state index < -0.39 is 0 Å². The van der Waals surface area contributed by atoms with Crippen molar-refractivity contribution in [3.63, 3.8) is 0 Å². The number of morpholine rings is 1. The summed E-state index contributed by atoms with van der Waals surface area (Å²) in [4.78, 5) is 2.40. The molecule has 1 saturated heterocycles. The van der Waals surface area contributed by atoms with Crippen LogP contribution in [0.2, 0.25) is 0 Å². The Bertz CT molecular complexity index is 423. The molecule has 1 aromatic carbocycles. The largest absolute Gasteiger partial charge is 0.490 e. The average molecular weight is 278 g/mol. The molecular weight excluding hydrogens is 252 g/mol. The summed E-state index contributed by atoms with van der Waals surface area (Å²) in [7, 11) is 1.95. The van der Waals surface area contributed by atoms with Gasteiger partial charge in [0.05, 0.1) is 6.61 Å². The van der Waals surface area contributed by atoms with E-state index in [0.29, 0.717) is 6.61 Å². The van der Waals surface area contributed by atoms with Crippen molar-refractivity contribution in [1.82, 2.24) is 10.2 Å². The molecule has 1 fully saturated rings. The molecule has 0 spiro atoms. The van der Waals surface area contributed by atoms with Crippen LogP contribution in [0.3, 0.4) is 0 Å². The molecule has 0 saturated carbocycles. The summed E-state index contributed by atoms with van der Waals surface area (Å²) < 4.78 is 11.8. The molecule has 0 aromatic heterocycles. The van der Waals surface area contributed by atoms with E-state index >= 15 is 0 Å². The first-order valence-corrected chi connectivity index (χ1v) is 7.43. The molecule has 1 heterocycles. The predicted molar refractivity (Wildman–Crippen MR) is 81.3 cm³/mol. The lowest BCUT2D eigenvalue weighted by Crippen LogP contribution is -2.44. The van der Waals surface area contributed by atoms with Crippen LogP contribution in [0.15, 0.2) is 18.2 Å². The topological polar surface area (TPSA) is 33.7 Å². The highest BCUT2D eigenvalue weighted by Gasteiger charge is 2.20. The first kappa shape index (κ1) is 15.3. The van der Waals surface area contributed by atoms with Crippen molar-refractivity contribution in [2.45, 2.75) is 26.5 Å². The van der Waals surface area contributed by atoms with E-state index in [0.717, 1.165) is 38.5 Å². The number of nitrogens with zero attached hydrogens (tertiary/aromatic N) is 1. The standard InChI is InChI=1S/C16H26N2O2/c1-4-18-7-8-19-15(11-18)12-20-16-6-5-13(2)9-14(16)10-17-3/h5-6,9,15,17H,4,7-8,10-12H2,1-3H3. The maximum absolute atomic E-state index is 5.99.